The molecule has 4 aromatic rings. The fourth-order valence-electron chi connectivity index (χ4n) is 4.50. The summed E-state index contributed by atoms with van der Waals surface area (Å²) in [7, 11) is 0. The second-order valence-corrected chi connectivity index (χ2v) is 9.00. The Kier molecular flexibility index (Phi) is 10.9. The summed E-state index contributed by atoms with van der Waals surface area (Å²) in [5, 5.41) is 13.9. The van der Waals surface area contributed by atoms with Crippen molar-refractivity contribution in [1.82, 2.24) is 9.78 Å². The van der Waals surface area contributed by atoms with Crippen molar-refractivity contribution in [3.05, 3.63) is 103 Å². The van der Waals surface area contributed by atoms with Gasteiger partial charge in [-0.3, -0.25) is 9.48 Å². The Labute approximate surface area is 219 Å². The molecule has 0 saturated carbocycles. The van der Waals surface area contributed by atoms with Gasteiger partial charge >= 0.3 is 5.97 Å². The Hall–Kier alpha value is -3.96. The fraction of sp³-hybridized carbons (Fsp3) is 0.250. The van der Waals surface area contributed by atoms with Gasteiger partial charge in [-0.05, 0) is 37.7 Å². The SMILES string of the molecule is O.O=C(O)CCCC=CCCCCCn1nc(-c2ccccc2)c(-c2ccccc2)c1-c1ccccc1. The molecular weight excluding hydrogens is 460 g/mol. The Morgan fingerprint density at radius 1 is 0.703 bits per heavy atom. The monoisotopic (exact) mass is 496 g/mol. The Balaban J connectivity index is 0.00000380. The molecule has 1 heterocycles. The number of rotatable bonds is 13. The third kappa shape index (κ3) is 7.76. The van der Waals surface area contributed by atoms with Gasteiger partial charge in [0.25, 0.3) is 0 Å². The van der Waals surface area contributed by atoms with Crippen LogP contribution >= 0.6 is 0 Å². The smallest absolute Gasteiger partial charge is 0.303 e. The molecular formula is C32H36N2O3. The Morgan fingerprint density at radius 3 is 1.84 bits per heavy atom. The molecule has 0 aliphatic rings. The maximum atomic E-state index is 10.6. The number of hydrogen-bond donors (Lipinski definition) is 1. The molecule has 0 spiro atoms. The zero-order valence-electron chi connectivity index (χ0n) is 21.2. The molecule has 0 radical (unpaired) electrons. The minimum atomic E-state index is -0.720. The lowest BCUT2D eigenvalue weighted by Gasteiger charge is -2.11. The zero-order chi connectivity index (χ0) is 25.0. The number of aryl methyl sites for hydroxylation is 1. The summed E-state index contributed by atoms with van der Waals surface area (Å²) in [6.45, 7) is 0.860. The van der Waals surface area contributed by atoms with Crippen molar-refractivity contribution in [1.29, 1.82) is 0 Å². The van der Waals surface area contributed by atoms with Crippen LogP contribution in [0.15, 0.2) is 103 Å². The molecule has 0 aliphatic heterocycles. The molecule has 3 aromatic carbocycles. The van der Waals surface area contributed by atoms with Crippen LogP contribution in [-0.4, -0.2) is 26.3 Å². The van der Waals surface area contributed by atoms with Gasteiger partial charge in [0.1, 0.15) is 5.69 Å². The van der Waals surface area contributed by atoms with Gasteiger partial charge in [0.05, 0.1) is 5.69 Å². The number of hydrogen-bond acceptors (Lipinski definition) is 2. The van der Waals surface area contributed by atoms with Crippen LogP contribution in [0.4, 0.5) is 0 Å². The number of aliphatic carboxylic acids is 1. The van der Waals surface area contributed by atoms with E-state index in [1.807, 2.05) is 6.07 Å². The highest BCUT2D eigenvalue weighted by Crippen LogP contribution is 2.40. The molecule has 0 atom stereocenters. The van der Waals surface area contributed by atoms with Crippen LogP contribution < -0.4 is 0 Å². The van der Waals surface area contributed by atoms with Gasteiger partial charge in [0.15, 0.2) is 0 Å². The van der Waals surface area contributed by atoms with Crippen molar-refractivity contribution in [2.75, 3.05) is 0 Å². The van der Waals surface area contributed by atoms with E-state index in [9.17, 15) is 4.79 Å². The van der Waals surface area contributed by atoms with E-state index in [4.69, 9.17) is 10.2 Å². The summed E-state index contributed by atoms with van der Waals surface area (Å²) in [5.41, 5.74) is 6.84. The number of aromatic nitrogens is 2. The molecule has 3 N–H and O–H groups in total. The van der Waals surface area contributed by atoms with Gasteiger partial charge in [-0.1, -0.05) is 110 Å². The molecule has 1 aromatic heterocycles. The maximum absolute atomic E-state index is 10.6. The average Bonchev–Trinajstić information content (AvgIpc) is 3.30. The van der Waals surface area contributed by atoms with Crippen LogP contribution in [0, 0.1) is 0 Å². The van der Waals surface area contributed by atoms with Gasteiger partial charge in [0.2, 0.25) is 0 Å². The van der Waals surface area contributed by atoms with Crippen LogP contribution in [0.1, 0.15) is 44.9 Å². The van der Waals surface area contributed by atoms with Crippen LogP contribution in [-0.2, 0) is 11.3 Å². The molecule has 0 fully saturated rings. The van der Waals surface area contributed by atoms with Gasteiger partial charge < -0.3 is 10.6 Å². The second-order valence-electron chi connectivity index (χ2n) is 9.00. The minimum absolute atomic E-state index is 0. The summed E-state index contributed by atoms with van der Waals surface area (Å²) in [5.74, 6) is -0.720. The largest absolute Gasteiger partial charge is 0.481 e. The van der Waals surface area contributed by atoms with E-state index in [-0.39, 0.29) is 11.9 Å². The molecule has 4 rings (SSSR count). The van der Waals surface area contributed by atoms with E-state index in [1.54, 1.807) is 0 Å². The number of carboxylic acid groups (broad SMARTS) is 1. The highest BCUT2D eigenvalue weighted by molar-refractivity contribution is 5.91. The first kappa shape index (κ1) is 27.6. The lowest BCUT2D eigenvalue weighted by molar-refractivity contribution is -0.137. The minimum Gasteiger partial charge on any atom is -0.481 e. The predicted octanol–water partition coefficient (Wildman–Crippen LogP) is 7.43. The Bertz CT molecular complexity index is 1250. The second kappa shape index (κ2) is 14.6. The highest BCUT2D eigenvalue weighted by atomic mass is 16.4. The number of carbonyl (C=O) groups is 1. The van der Waals surface area contributed by atoms with Crippen LogP contribution in [0.2, 0.25) is 0 Å². The van der Waals surface area contributed by atoms with Crippen molar-refractivity contribution in [3.63, 3.8) is 0 Å². The molecule has 192 valence electrons. The van der Waals surface area contributed by atoms with Gasteiger partial charge in [-0.15, -0.1) is 0 Å². The van der Waals surface area contributed by atoms with Crippen molar-refractivity contribution in [3.8, 4) is 33.6 Å². The van der Waals surface area contributed by atoms with Crippen molar-refractivity contribution < 1.29 is 15.4 Å². The Morgan fingerprint density at radius 2 is 1.24 bits per heavy atom. The standard InChI is InChI=1S/C32H34N2O2.H2O/c35-29(36)24-16-5-3-1-2-4-6-17-25-34-32(28-22-14-9-15-23-28)30(26-18-10-7-11-19-26)31(33-34)27-20-12-8-13-21-27;/h1,3,7-15,18-23H,2,4-6,16-17,24-25H2,(H,35,36);1H2. The lowest BCUT2D eigenvalue weighted by atomic mass is 9.96. The first-order valence-corrected chi connectivity index (χ1v) is 12.9. The van der Waals surface area contributed by atoms with Crippen molar-refractivity contribution in [2.24, 2.45) is 0 Å². The van der Waals surface area contributed by atoms with E-state index in [0.717, 1.165) is 49.9 Å². The first-order valence-electron chi connectivity index (χ1n) is 12.9. The summed E-state index contributed by atoms with van der Waals surface area (Å²) in [4.78, 5) is 10.6. The summed E-state index contributed by atoms with van der Waals surface area (Å²) < 4.78 is 2.20. The van der Waals surface area contributed by atoms with Crippen molar-refractivity contribution in [2.45, 2.75) is 51.5 Å². The fourth-order valence-corrected chi connectivity index (χ4v) is 4.50. The third-order valence-corrected chi connectivity index (χ3v) is 6.28. The van der Waals surface area contributed by atoms with E-state index in [0.29, 0.717) is 6.42 Å². The highest BCUT2D eigenvalue weighted by Gasteiger charge is 2.21. The quantitative estimate of drug-likeness (QED) is 0.154. The molecule has 0 unspecified atom stereocenters. The lowest BCUT2D eigenvalue weighted by Crippen LogP contribution is -2.03. The maximum Gasteiger partial charge on any atom is 0.303 e. The van der Waals surface area contributed by atoms with Gasteiger partial charge in [0, 0.05) is 29.7 Å². The molecule has 5 nitrogen and oxygen atoms in total. The molecule has 5 heteroatoms. The van der Waals surface area contributed by atoms with E-state index < -0.39 is 5.97 Å². The van der Waals surface area contributed by atoms with Crippen LogP contribution in [0.3, 0.4) is 0 Å². The first-order chi connectivity index (χ1) is 17.7. The zero-order valence-corrected chi connectivity index (χ0v) is 21.2. The normalized spacial score (nSPS) is 10.9. The topological polar surface area (TPSA) is 86.6 Å². The number of benzene rings is 3. The molecule has 0 amide bonds. The molecule has 37 heavy (non-hydrogen) atoms. The van der Waals surface area contributed by atoms with E-state index >= 15 is 0 Å². The van der Waals surface area contributed by atoms with Crippen molar-refractivity contribution >= 4 is 5.97 Å². The van der Waals surface area contributed by atoms with Crippen LogP contribution in [0.5, 0.6) is 0 Å². The average molecular weight is 497 g/mol. The van der Waals surface area contributed by atoms with Gasteiger partial charge in [-0.25, -0.2) is 0 Å². The number of nitrogens with zero attached hydrogens (tertiary/aromatic N) is 2. The molecule has 0 saturated heterocycles. The number of unbranched alkanes of at least 4 members (excludes halogenated alkanes) is 4. The third-order valence-electron chi connectivity index (χ3n) is 6.28. The molecule has 0 bridgehead atoms. The predicted molar refractivity (Wildman–Crippen MR) is 151 cm³/mol. The molecule has 0 aliphatic carbocycles. The summed E-state index contributed by atoms with van der Waals surface area (Å²) in [6.07, 6.45) is 10.4. The number of carboxylic acids is 1. The van der Waals surface area contributed by atoms with Crippen LogP contribution in [0.25, 0.3) is 33.6 Å². The van der Waals surface area contributed by atoms with E-state index in [1.165, 1.54) is 22.4 Å². The van der Waals surface area contributed by atoms with E-state index in [2.05, 4.69) is 102 Å². The summed E-state index contributed by atoms with van der Waals surface area (Å²) >= 11 is 0. The van der Waals surface area contributed by atoms with Gasteiger partial charge in [-0.2, -0.15) is 5.10 Å². The summed E-state index contributed by atoms with van der Waals surface area (Å²) in [6, 6.07) is 31.6. The number of allylic oxidation sites excluding steroid dienone is 2.